The molecular weight excluding hydrogens is 1710 g/mol. The number of para-hydroxylation sites is 2. The molecule has 131 heavy (non-hydrogen) atoms. The minimum absolute atomic E-state index is 0.0328. The summed E-state index contributed by atoms with van der Waals surface area (Å²) in [6.07, 6.45) is 5.01. The maximum absolute atomic E-state index is 15.7. The van der Waals surface area contributed by atoms with Crippen LogP contribution in [0.15, 0.2) is 104 Å². The second-order valence-corrected chi connectivity index (χ2v) is 35.4. The van der Waals surface area contributed by atoms with Crippen molar-refractivity contribution in [1.82, 2.24) is 81.7 Å². The van der Waals surface area contributed by atoms with E-state index in [4.69, 9.17) is 22.6 Å². The first-order chi connectivity index (χ1) is 62.4. The second-order valence-electron chi connectivity index (χ2n) is 34.4. The van der Waals surface area contributed by atoms with Gasteiger partial charge in [0, 0.05) is 156 Å². The highest BCUT2D eigenvalue weighted by molar-refractivity contribution is 8.00. The van der Waals surface area contributed by atoms with E-state index in [0.717, 1.165) is 21.6 Å². The summed E-state index contributed by atoms with van der Waals surface area (Å²) in [6.45, 7) is 6.20. The first kappa shape index (κ1) is 104. The van der Waals surface area contributed by atoms with Crippen LogP contribution in [0.1, 0.15) is 153 Å². The maximum atomic E-state index is 15.7. The zero-order chi connectivity index (χ0) is 95.9. The van der Waals surface area contributed by atoms with E-state index in [2.05, 4.69) is 57.2 Å². The number of carbonyl (C=O) groups excluding carboxylic acids is 17. The van der Waals surface area contributed by atoms with Gasteiger partial charge >= 0.3 is 0 Å². The lowest BCUT2D eigenvalue weighted by atomic mass is 9.82. The van der Waals surface area contributed by atoms with Crippen molar-refractivity contribution in [3.05, 3.63) is 126 Å². The van der Waals surface area contributed by atoms with E-state index in [1.54, 1.807) is 99.0 Å². The van der Waals surface area contributed by atoms with Crippen molar-refractivity contribution in [2.75, 3.05) is 72.5 Å². The minimum Gasteiger partial charge on any atom is -0.396 e. The maximum Gasteiger partial charge on any atom is 0.246 e. The number of fused-ring (bicyclic) bond motifs is 3. The lowest BCUT2D eigenvalue weighted by Gasteiger charge is -2.36. The van der Waals surface area contributed by atoms with Gasteiger partial charge in [-0.25, -0.2) is 4.98 Å². The second kappa shape index (κ2) is 50.5. The Labute approximate surface area is 765 Å². The zero-order valence-electron chi connectivity index (χ0n) is 76.0. The molecule has 2 aliphatic heterocycles. The molecule has 13 atom stereocenters. The standard InChI is InChI=1S/C92H128N20O18S/c1-10-12-30-72-77(116)39-56(25-21-33-98-92(95)96)84(123)107-71(86(125)101-47-80(94)119)50-131-51-82(121)104-68(35-55-23-15-14-16-24-55)88(127)109(7)54(5)83(122)105-70(43-79(93)118)90(129)112-34-22-32-73(112)78(117)40-57(36-61-46-97-52-102-61)75(114)42-64(53(3)4)87(126)108(6)48-81(120)103-67(37-58-44-99-65-28-19-17-26-62(58)65)76(115)41-60(49-113)85(124)106-69(38-59-45-100-66-29-20-18-27-63(59)66)89(128)111(9)74(31-13-11-2)91(130)110(72)8/h14-20,23-24,26-29,44-46,52-54,56-57,60,64,67-74,99-100,113H,10-13,21-22,25,30-43,47-51H2,1-9H3,(H2,93,118)(H2,94,119)(H,97,102)(H,101,125)(H,103,120)(H,104,121)(H,105,122)(H,106,124)(H,107,123)(H4,95,96,98)/t54-,56+,57+,60-,64-,67-,68-,69-,70-,71-,72-,73-,74-/m0/s1. The Morgan fingerprint density at radius 1 is 0.565 bits per heavy atom. The fraction of sp³-hybridized carbons (Fsp3) is 0.533. The quantitative estimate of drug-likeness (QED) is 0.0221. The van der Waals surface area contributed by atoms with Crippen molar-refractivity contribution in [2.45, 2.75) is 211 Å². The van der Waals surface area contributed by atoms with E-state index in [1.807, 2.05) is 19.9 Å². The summed E-state index contributed by atoms with van der Waals surface area (Å²) in [5, 5.41) is 39.1. The number of imidazole rings is 1. The Morgan fingerprint density at radius 2 is 1.14 bits per heavy atom. The number of hydrogen-bond donors (Lipinski definition) is 15. The van der Waals surface area contributed by atoms with E-state index in [9.17, 15) is 53.1 Å². The summed E-state index contributed by atoms with van der Waals surface area (Å²) >= 11 is 0.824. The monoisotopic (exact) mass is 1830 g/mol. The normalized spacial score (nSPS) is 23.8. The number of aromatic amines is 3. The number of unbranched alkanes of at least 4 members (excludes halogenated alkanes) is 2. The fourth-order valence-electron chi connectivity index (χ4n) is 16.7. The third-order valence-corrected chi connectivity index (χ3v) is 25.4. The first-order valence-electron chi connectivity index (χ1n) is 44.6. The number of guanidine groups is 1. The molecule has 0 aliphatic carbocycles. The third kappa shape index (κ3) is 29.9. The number of nitrogens with one attached hydrogen (secondary N) is 11. The molecule has 2 aliphatic rings. The molecule has 5 heterocycles. The zero-order valence-corrected chi connectivity index (χ0v) is 76.8. The number of nitrogens with zero attached hydrogens (tertiary/aromatic N) is 6. The molecule has 6 aromatic rings. The molecule has 39 heteroatoms. The average molecular weight is 1830 g/mol. The third-order valence-electron chi connectivity index (χ3n) is 24.4. The summed E-state index contributed by atoms with van der Waals surface area (Å²) in [7, 11) is 5.42. The van der Waals surface area contributed by atoms with Crippen LogP contribution in [0.25, 0.3) is 21.8 Å². The van der Waals surface area contributed by atoms with Crippen LogP contribution in [0.2, 0.25) is 0 Å². The van der Waals surface area contributed by atoms with Crippen molar-refractivity contribution in [2.24, 2.45) is 46.8 Å². The van der Waals surface area contributed by atoms with Crippen LogP contribution in [-0.2, 0) is 107 Å². The van der Waals surface area contributed by atoms with Crippen molar-refractivity contribution < 1.29 is 86.6 Å². The number of aliphatic hydroxyl groups is 1. The number of amides is 13. The Kier molecular flexibility index (Phi) is 40.0. The summed E-state index contributed by atoms with van der Waals surface area (Å²) in [5.41, 5.74) is 20.3. The molecule has 0 saturated carbocycles. The molecule has 13 amide bonds. The van der Waals surface area contributed by atoms with Gasteiger partial charge < -0.3 is 99.0 Å². The Morgan fingerprint density at radius 3 is 1.74 bits per heavy atom. The van der Waals surface area contributed by atoms with Crippen LogP contribution in [0.4, 0.5) is 0 Å². The topological polar surface area (TPSA) is 573 Å². The van der Waals surface area contributed by atoms with E-state index in [0.29, 0.717) is 69.9 Å². The van der Waals surface area contributed by atoms with Gasteiger partial charge in [0.1, 0.15) is 42.0 Å². The molecule has 38 nitrogen and oxygen atoms in total. The highest BCUT2D eigenvalue weighted by Crippen LogP contribution is 2.31. The SMILES string of the molecule is CCCC[C@H]1C(=O)N(C)[C@@H](CCCC)C(=O)C[C@@H](CCCNC(=N)N)C(=O)N[C@H](C(=O)NCC(N)=O)CSCC(=O)N[C@@H](Cc2ccccc2)C(=O)N(C)[C@@H](C)C(=O)N[C@@H](CC(N)=O)C(=O)N2CCC[C@H]2C(=O)C[C@@H](Cc2cnc[nH]2)C(=O)C[C@@H](C(C)C)C(=O)N(C)CC(=O)N[C@@H](Cc2c[nH]c3ccccc23)C(=O)C[C@@H](CO)C(=O)N[C@@H](Cc2c[nH]c3ccccc23)C(=O)N1C. The van der Waals surface area contributed by atoms with Gasteiger partial charge in [0.2, 0.25) is 76.8 Å². The number of carbonyl (C=O) groups is 17. The predicted molar refractivity (Wildman–Crippen MR) is 490 cm³/mol. The number of ketones is 4. The number of Topliss-reactive ketones (excluding diaryl/α,β-unsaturated/α-hetero) is 4. The van der Waals surface area contributed by atoms with Crippen LogP contribution in [-0.4, -0.2) is 282 Å². The average Bonchev–Trinajstić information content (AvgIpc) is 1.73. The largest absolute Gasteiger partial charge is 0.396 e. The molecule has 18 N–H and O–H groups in total. The summed E-state index contributed by atoms with van der Waals surface area (Å²) in [6, 6.07) is 10.1. The summed E-state index contributed by atoms with van der Waals surface area (Å²) in [5.74, 6) is -20.4. The van der Waals surface area contributed by atoms with Crippen molar-refractivity contribution in [3.63, 3.8) is 0 Å². The van der Waals surface area contributed by atoms with E-state index in [1.165, 1.54) is 62.3 Å². The van der Waals surface area contributed by atoms with Gasteiger partial charge in [-0.05, 0) is 86.6 Å². The Bertz CT molecular complexity index is 5020. The van der Waals surface area contributed by atoms with E-state index >= 15 is 33.6 Å². The van der Waals surface area contributed by atoms with E-state index in [-0.39, 0.29) is 83.1 Å². The van der Waals surface area contributed by atoms with Crippen molar-refractivity contribution >= 4 is 139 Å². The molecule has 0 unspecified atom stereocenters. The lowest BCUT2D eigenvalue weighted by molar-refractivity contribution is -0.149. The van der Waals surface area contributed by atoms with Crippen molar-refractivity contribution in [1.29, 1.82) is 5.41 Å². The minimum atomic E-state index is -1.69. The molecule has 3 aromatic carbocycles. The van der Waals surface area contributed by atoms with Crippen LogP contribution in [0.3, 0.4) is 0 Å². The molecule has 2 fully saturated rings. The van der Waals surface area contributed by atoms with Crippen LogP contribution < -0.4 is 54.4 Å². The molecule has 0 bridgehead atoms. The van der Waals surface area contributed by atoms with Gasteiger partial charge in [0.15, 0.2) is 23.3 Å². The van der Waals surface area contributed by atoms with Crippen LogP contribution in [0.5, 0.6) is 0 Å². The van der Waals surface area contributed by atoms with Gasteiger partial charge in [0.05, 0.1) is 62.2 Å². The van der Waals surface area contributed by atoms with Gasteiger partial charge in [-0.2, -0.15) is 0 Å². The Hall–Kier alpha value is -12.7. The molecule has 710 valence electrons. The smallest absolute Gasteiger partial charge is 0.246 e. The van der Waals surface area contributed by atoms with Gasteiger partial charge in [-0.15, -0.1) is 11.8 Å². The fourth-order valence-corrected chi connectivity index (χ4v) is 17.5. The Balaban J connectivity index is 1.18. The number of aliphatic hydroxyl groups excluding tert-OH is 1. The molecule has 0 radical (unpaired) electrons. The molecular formula is C92H128N20O18S. The molecule has 0 spiro atoms. The van der Waals surface area contributed by atoms with Crippen molar-refractivity contribution in [3.8, 4) is 0 Å². The highest BCUT2D eigenvalue weighted by Gasteiger charge is 2.44. The van der Waals surface area contributed by atoms with Crippen LogP contribution >= 0.6 is 11.8 Å². The predicted octanol–water partition coefficient (Wildman–Crippen LogP) is 1.83. The number of H-pyrrole nitrogens is 3. The van der Waals surface area contributed by atoms with E-state index < -0.39 is 247 Å². The first-order valence-corrected chi connectivity index (χ1v) is 45.8. The number of primary amides is 2. The van der Waals surface area contributed by atoms with Gasteiger partial charge in [-0.3, -0.25) is 86.9 Å². The molecule has 2 saturated heterocycles. The summed E-state index contributed by atoms with van der Waals surface area (Å²) in [4.78, 5) is 268. The van der Waals surface area contributed by atoms with Gasteiger partial charge in [0.25, 0.3) is 0 Å². The molecule has 8 rings (SSSR count). The highest BCUT2D eigenvalue weighted by atomic mass is 32.2. The van der Waals surface area contributed by atoms with Crippen LogP contribution in [0, 0.1) is 35.0 Å². The van der Waals surface area contributed by atoms with Gasteiger partial charge in [-0.1, -0.05) is 120 Å². The summed E-state index contributed by atoms with van der Waals surface area (Å²) < 4.78 is 0. The number of likely N-dealkylation sites (N-methyl/N-ethyl adjacent to an activating group) is 4. The number of aromatic nitrogens is 4. The number of rotatable bonds is 25. The number of hydrogen-bond acceptors (Lipinski definition) is 21. The number of thioether (sulfide) groups is 1. The molecule has 3 aromatic heterocycles. The number of benzene rings is 3. The number of nitrogens with two attached hydrogens (primary N) is 3. The lowest BCUT2D eigenvalue weighted by Crippen LogP contribution is -2.58.